The molecule has 3 aromatic rings. The fraction of sp³-hybridized carbons (Fsp3) is 0.552. The first kappa shape index (κ1) is 26.8. The van der Waals surface area contributed by atoms with Gasteiger partial charge in [0.15, 0.2) is 0 Å². The van der Waals surface area contributed by atoms with Crippen molar-refractivity contribution in [1.82, 2.24) is 20.0 Å². The average Bonchev–Trinajstić information content (AvgIpc) is 3.35. The molecule has 1 aromatic heterocycles. The first-order chi connectivity index (χ1) is 18.3. The van der Waals surface area contributed by atoms with Crippen molar-refractivity contribution in [2.45, 2.75) is 50.5 Å². The first-order valence-corrected chi connectivity index (χ1v) is 13.4. The molecule has 0 aliphatic carbocycles. The summed E-state index contributed by atoms with van der Waals surface area (Å²) in [6, 6.07) is 10.6. The van der Waals surface area contributed by atoms with Crippen LogP contribution in [0, 0.1) is 0 Å². The van der Waals surface area contributed by atoms with Gasteiger partial charge in [0.1, 0.15) is 11.4 Å². The predicted octanol–water partition coefficient (Wildman–Crippen LogP) is 4.74. The maximum Gasteiger partial charge on any atom is 0.144 e. The van der Waals surface area contributed by atoms with Crippen molar-refractivity contribution in [1.29, 1.82) is 0 Å². The summed E-state index contributed by atoms with van der Waals surface area (Å²) >= 11 is 0. The van der Waals surface area contributed by atoms with Crippen LogP contribution in [0.5, 0.6) is 5.75 Å². The Balaban J connectivity index is 1.48. The van der Waals surface area contributed by atoms with Crippen LogP contribution in [0.25, 0.3) is 10.9 Å². The Labute approximate surface area is 223 Å². The van der Waals surface area contributed by atoms with Crippen LogP contribution in [-0.2, 0) is 11.2 Å². The lowest BCUT2D eigenvalue weighted by Crippen LogP contribution is -2.54. The topological polar surface area (TPSA) is 65.7 Å². The van der Waals surface area contributed by atoms with Gasteiger partial charge in [-0.1, -0.05) is 12.1 Å². The van der Waals surface area contributed by atoms with Crippen molar-refractivity contribution in [3.63, 3.8) is 0 Å². The second-order valence-corrected chi connectivity index (χ2v) is 11.0. The summed E-state index contributed by atoms with van der Waals surface area (Å²) in [6.07, 6.45) is 3.27. The monoisotopic (exact) mass is 527 g/mol. The van der Waals surface area contributed by atoms with Crippen LogP contribution < -0.4 is 10.1 Å². The maximum absolute atomic E-state index is 15.6. The number of likely N-dealkylation sites (tertiary alicyclic amines) is 1. The highest BCUT2D eigenvalue weighted by atomic mass is 19.1. The maximum atomic E-state index is 15.6. The lowest BCUT2D eigenvalue weighted by Gasteiger charge is -2.45. The molecule has 0 bridgehead atoms. The Bertz CT molecular complexity index is 1240. The van der Waals surface area contributed by atoms with E-state index in [9.17, 15) is 4.39 Å². The van der Waals surface area contributed by atoms with Gasteiger partial charge in [-0.05, 0) is 49.9 Å². The molecule has 0 radical (unpaired) electrons. The Hall–Kier alpha value is -2.75. The van der Waals surface area contributed by atoms with Gasteiger partial charge in [0.25, 0.3) is 0 Å². The van der Waals surface area contributed by atoms with Crippen molar-refractivity contribution < 1.29 is 18.3 Å². The summed E-state index contributed by atoms with van der Waals surface area (Å²) in [4.78, 5) is 4.50. The minimum atomic E-state index is -1.51. The summed E-state index contributed by atoms with van der Waals surface area (Å²) in [5, 5.41) is 12.1. The highest BCUT2D eigenvalue weighted by molar-refractivity contribution is 5.83. The summed E-state index contributed by atoms with van der Waals surface area (Å²) < 4.78 is 39.2. The van der Waals surface area contributed by atoms with E-state index in [1.807, 2.05) is 12.3 Å². The molecule has 2 N–H and O–H groups in total. The summed E-state index contributed by atoms with van der Waals surface area (Å²) in [7, 11) is 3.22. The smallest absolute Gasteiger partial charge is 0.144 e. The number of rotatable bonds is 11. The van der Waals surface area contributed by atoms with Crippen LogP contribution in [0.15, 0.2) is 36.5 Å². The van der Waals surface area contributed by atoms with Gasteiger partial charge in [-0.15, -0.1) is 0 Å². The number of hydrogen-bond donors (Lipinski definition) is 2. The molecular weight excluding hydrogens is 488 g/mol. The molecule has 3 heterocycles. The number of aromatic nitrogens is 2. The second-order valence-electron chi connectivity index (χ2n) is 11.0. The highest BCUT2D eigenvalue weighted by Crippen LogP contribution is 2.44. The third kappa shape index (κ3) is 5.37. The van der Waals surface area contributed by atoms with E-state index in [2.05, 4.69) is 56.5 Å². The molecule has 5 rings (SSSR count). The molecule has 0 spiro atoms. The van der Waals surface area contributed by atoms with E-state index in [-0.39, 0.29) is 31.9 Å². The minimum Gasteiger partial charge on any atom is -0.496 e. The van der Waals surface area contributed by atoms with Crippen molar-refractivity contribution in [3.8, 4) is 5.75 Å². The van der Waals surface area contributed by atoms with Gasteiger partial charge >= 0.3 is 0 Å². The van der Waals surface area contributed by atoms with Crippen LogP contribution in [0.3, 0.4) is 0 Å². The zero-order valence-electron chi connectivity index (χ0n) is 22.8. The number of ether oxygens (including phenoxy) is 2. The molecule has 2 aromatic carbocycles. The molecule has 38 heavy (non-hydrogen) atoms. The molecule has 7 nitrogen and oxygen atoms in total. The Kier molecular flexibility index (Phi) is 7.88. The molecule has 2 aliphatic heterocycles. The number of hydrogen-bond acceptors (Lipinski definition) is 6. The number of nitrogens with one attached hydrogen (secondary N) is 2. The lowest BCUT2D eigenvalue weighted by molar-refractivity contribution is 0.00207. The normalized spacial score (nSPS) is 22.2. The molecule has 3 atom stereocenters. The van der Waals surface area contributed by atoms with E-state index in [4.69, 9.17) is 9.47 Å². The zero-order valence-corrected chi connectivity index (χ0v) is 22.8. The number of nitrogens with zero attached hydrogens (tertiary/aromatic N) is 3. The van der Waals surface area contributed by atoms with Crippen molar-refractivity contribution in [3.05, 3.63) is 53.2 Å². The van der Waals surface area contributed by atoms with E-state index in [1.165, 1.54) is 12.7 Å². The first-order valence-electron chi connectivity index (χ1n) is 13.4. The Morgan fingerprint density at radius 2 is 1.97 bits per heavy atom. The molecule has 206 valence electrons. The third-order valence-electron chi connectivity index (χ3n) is 7.89. The van der Waals surface area contributed by atoms with Crippen molar-refractivity contribution >= 4 is 16.6 Å². The highest BCUT2D eigenvalue weighted by Gasteiger charge is 2.40. The number of fused-ring (bicyclic) bond motifs is 3. The molecule has 2 unspecified atom stereocenters. The van der Waals surface area contributed by atoms with E-state index in [0.717, 1.165) is 59.5 Å². The summed E-state index contributed by atoms with van der Waals surface area (Å²) in [5.74, 6) is 0.762. The van der Waals surface area contributed by atoms with E-state index in [1.54, 1.807) is 14.0 Å². The molecule has 1 fully saturated rings. The van der Waals surface area contributed by atoms with Crippen molar-refractivity contribution in [2.75, 3.05) is 59.0 Å². The Morgan fingerprint density at radius 3 is 2.71 bits per heavy atom. The largest absolute Gasteiger partial charge is 0.496 e. The molecule has 0 amide bonds. The van der Waals surface area contributed by atoms with Gasteiger partial charge in [-0.2, -0.15) is 5.10 Å². The number of alkyl halides is 2. The summed E-state index contributed by atoms with van der Waals surface area (Å²) in [5.41, 5.74) is 3.86. The van der Waals surface area contributed by atoms with Crippen LogP contribution in [0.4, 0.5) is 14.5 Å². The van der Waals surface area contributed by atoms with Crippen LogP contribution in [0.1, 0.15) is 43.0 Å². The fourth-order valence-electron chi connectivity index (χ4n) is 6.13. The van der Waals surface area contributed by atoms with Gasteiger partial charge in [0, 0.05) is 62.0 Å². The molecule has 9 heteroatoms. The number of benzene rings is 2. The zero-order chi connectivity index (χ0) is 26.9. The average molecular weight is 528 g/mol. The summed E-state index contributed by atoms with van der Waals surface area (Å²) in [6.45, 7) is 6.36. The van der Waals surface area contributed by atoms with Gasteiger partial charge in [0.2, 0.25) is 0 Å². The number of aromatic amines is 1. The third-order valence-corrected chi connectivity index (χ3v) is 7.89. The van der Waals surface area contributed by atoms with E-state index in [0.29, 0.717) is 12.5 Å². The molecular formula is C29H39F2N5O2. The van der Waals surface area contributed by atoms with Gasteiger partial charge in [-0.25, -0.2) is 4.39 Å². The SMILES string of the molecule is COCC(C)(F)CN1C(c2ccc(NC3CN(CCCF)C3)cc2OC)c2ccc3[nH]ncc3c2C[C@H]1C. The van der Waals surface area contributed by atoms with Gasteiger partial charge < -0.3 is 14.8 Å². The standard InChI is InChI=1S/C29H39F2N5O2/c1-19-12-24-22(8-9-26-25(24)14-32-34-26)28(36(19)17-29(2,31)18-37-3)23-7-6-20(13-27(23)38-4)33-21-15-35(16-21)11-5-10-30/h6-9,13-14,19,21,28,33H,5,10-12,15-18H2,1-4H3,(H,32,34)/t19-,28?,29?/m1/s1. The fourth-order valence-corrected chi connectivity index (χ4v) is 6.13. The predicted molar refractivity (Wildman–Crippen MR) is 147 cm³/mol. The van der Waals surface area contributed by atoms with E-state index >= 15 is 4.39 Å². The lowest BCUT2D eigenvalue weighted by atomic mass is 9.82. The molecule has 1 saturated heterocycles. The Morgan fingerprint density at radius 1 is 1.18 bits per heavy atom. The van der Waals surface area contributed by atoms with E-state index < -0.39 is 5.67 Å². The molecule has 2 aliphatic rings. The van der Waals surface area contributed by atoms with Crippen LogP contribution >= 0.6 is 0 Å². The second kappa shape index (κ2) is 11.2. The molecule has 0 saturated carbocycles. The van der Waals surface area contributed by atoms with Crippen LogP contribution in [-0.4, -0.2) is 91.4 Å². The quantitative estimate of drug-likeness (QED) is 0.376. The number of halogens is 2. The van der Waals surface area contributed by atoms with Gasteiger partial charge in [0.05, 0.1) is 44.2 Å². The van der Waals surface area contributed by atoms with Gasteiger partial charge in [-0.3, -0.25) is 19.3 Å². The minimum absolute atomic E-state index is 0.0281. The number of H-pyrrole nitrogens is 1. The number of anilines is 1. The van der Waals surface area contributed by atoms with Crippen LogP contribution in [0.2, 0.25) is 0 Å². The number of methoxy groups -OCH3 is 2. The van der Waals surface area contributed by atoms with Crippen molar-refractivity contribution in [2.24, 2.45) is 0 Å².